The van der Waals surface area contributed by atoms with E-state index in [1.807, 2.05) is 0 Å². The summed E-state index contributed by atoms with van der Waals surface area (Å²) in [5, 5.41) is 11.5. The Kier molecular flexibility index (Phi) is 5.05. The normalized spacial score (nSPS) is 12.5. The van der Waals surface area contributed by atoms with Crippen LogP contribution in [0.5, 0.6) is 0 Å². The Morgan fingerprint density at radius 3 is 2.40 bits per heavy atom. The Hall–Kier alpha value is -2.97. The van der Waals surface area contributed by atoms with Gasteiger partial charge in [0.1, 0.15) is 0 Å². The first-order valence-corrected chi connectivity index (χ1v) is 7.13. The fraction of sp³-hybridized carbons (Fsp3) is 0.250. The molecule has 1 unspecified atom stereocenters. The summed E-state index contributed by atoms with van der Waals surface area (Å²) in [5.41, 5.74) is -1.17. The van der Waals surface area contributed by atoms with E-state index in [0.29, 0.717) is 0 Å². The van der Waals surface area contributed by atoms with Crippen LogP contribution in [0.15, 0.2) is 30.6 Å². The van der Waals surface area contributed by atoms with Gasteiger partial charge in [0.2, 0.25) is 0 Å². The van der Waals surface area contributed by atoms with Crippen LogP contribution in [0.1, 0.15) is 50.6 Å². The minimum Gasteiger partial charge on any atom is -0.476 e. The zero-order valence-corrected chi connectivity index (χ0v) is 13.3. The standard InChI is InChI=1S/C16H14F3N3O3/c1-8-5-10(7-11(6-8)16(17,18)19)14(23)22-9(2)12-13(15(24)25)21-4-3-20-12/h3-7,9H,1-2H3,(H,22,23)(H,24,25). The molecule has 1 heterocycles. The summed E-state index contributed by atoms with van der Waals surface area (Å²) in [6.45, 7) is 2.91. The molecule has 1 amide bonds. The zero-order chi connectivity index (χ0) is 18.8. The van der Waals surface area contributed by atoms with Crippen molar-refractivity contribution in [2.75, 3.05) is 0 Å². The highest BCUT2D eigenvalue weighted by molar-refractivity contribution is 5.95. The highest BCUT2D eigenvalue weighted by Crippen LogP contribution is 2.30. The monoisotopic (exact) mass is 353 g/mol. The lowest BCUT2D eigenvalue weighted by atomic mass is 10.0. The maximum atomic E-state index is 12.9. The predicted molar refractivity (Wildman–Crippen MR) is 81.1 cm³/mol. The van der Waals surface area contributed by atoms with Gasteiger partial charge in [-0.2, -0.15) is 13.2 Å². The van der Waals surface area contributed by atoms with Gasteiger partial charge in [0.25, 0.3) is 5.91 Å². The molecule has 2 N–H and O–H groups in total. The van der Waals surface area contributed by atoms with Gasteiger partial charge in [-0.25, -0.2) is 9.78 Å². The molecule has 0 aliphatic rings. The van der Waals surface area contributed by atoms with E-state index >= 15 is 0 Å². The first kappa shape index (κ1) is 18.4. The SMILES string of the molecule is Cc1cc(C(=O)NC(C)c2nccnc2C(=O)O)cc(C(F)(F)F)c1. The largest absolute Gasteiger partial charge is 0.476 e. The lowest BCUT2D eigenvalue weighted by molar-refractivity contribution is -0.137. The van der Waals surface area contributed by atoms with E-state index < -0.39 is 29.7 Å². The molecule has 0 saturated carbocycles. The van der Waals surface area contributed by atoms with E-state index in [1.54, 1.807) is 0 Å². The molecular weight excluding hydrogens is 339 g/mol. The maximum absolute atomic E-state index is 12.9. The summed E-state index contributed by atoms with van der Waals surface area (Å²) >= 11 is 0. The van der Waals surface area contributed by atoms with Crippen molar-refractivity contribution in [3.05, 3.63) is 58.7 Å². The number of aromatic carboxylic acids is 1. The van der Waals surface area contributed by atoms with E-state index in [0.717, 1.165) is 12.1 Å². The van der Waals surface area contributed by atoms with Gasteiger partial charge in [0.05, 0.1) is 17.3 Å². The van der Waals surface area contributed by atoms with E-state index in [-0.39, 0.29) is 22.5 Å². The van der Waals surface area contributed by atoms with Crippen LogP contribution in [-0.4, -0.2) is 27.0 Å². The van der Waals surface area contributed by atoms with Gasteiger partial charge >= 0.3 is 12.1 Å². The fourth-order valence-corrected chi connectivity index (χ4v) is 2.26. The van der Waals surface area contributed by atoms with Gasteiger partial charge < -0.3 is 10.4 Å². The minimum absolute atomic E-state index is 0.00653. The van der Waals surface area contributed by atoms with Crippen molar-refractivity contribution in [1.29, 1.82) is 0 Å². The molecule has 1 atom stereocenters. The molecule has 2 aromatic rings. The minimum atomic E-state index is -4.58. The van der Waals surface area contributed by atoms with Gasteiger partial charge in [-0.15, -0.1) is 0 Å². The summed E-state index contributed by atoms with van der Waals surface area (Å²) in [4.78, 5) is 31.0. The Morgan fingerprint density at radius 1 is 1.16 bits per heavy atom. The number of carbonyl (C=O) groups is 2. The lowest BCUT2D eigenvalue weighted by Crippen LogP contribution is -2.29. The van der Waals surface area contributed by atoms with Crippen LogP contribution >= 0.6 is 0 Å². The number of nitrogens with zero attached hydrogens (tertiary/aromatic N) is 2. The van der Waals surface area contributed by atoms with Gasteiger partial charge in [-0.1, -0.05) is 0 Å². The van der Waals surface area contributed by atoms with Crippen LogP contribution in [0.25, 0.3) is 0 Å². The number of hydrogen-bond donors (Lipinski definition) is 2. The van der Waals surface area contributed by atoms with Crippen LogP contribution in [0.4, 0.5) is 13.2 Å². The van der Waals surface area contributed by atoms with E-state index in [2.05, 4.69) is 15.3 Å². The molecule has 0 aliphatic carbocycles. The zero-order valence-electron chi connectivity index (χ0n) is 13.3. The number of nitrogens with one attached hydrogen (secondary N) is 1. The number of carbonyl (C=O) groups excluding carboxylic acids is 1. The molecule has 0 fully saturated rings. The summed E-state index contributed by atoms with van der Waals surface area (Å²) in [7, 11) is 0. The number of hydrogen-bond acceptors (Lipinski definition) is 4. The number of rotatable bonds is 4. The lowest BCUT2D eigenvalue weighted by Gasteiger charge is -2.16. The molecule has 0 spiro atoms. The molecular formula is C16H14F3N3O3. The third-order valence-corrected chi connectivity index (χ3v) is 3.35. The molecule has 0 radical (unpaired) electrons. The molecule has 1 aromatic carbocycles. The number of alkyl halides is 3. The van der Waals surface area contributed by atoms with Crippen molar-refractivity contribution in [3.63, 3.8) is 0 Å². The highest BCUT2D eigenvalue weighted by Gasteiger charge is 2.31. The summed E-state index contributed by atoms with van der Waals surface area (Å²) in [5.74, 6) is -2.09. The molecule has 0 aliphatic heterocycles. The first-order valence-electron chi connectivity index (χ1n) is 7.13. The average molecular weight is 353 g/mol. The highest BCUT2D eigenvalue weighted by atomic mass is 19.4. The van der Waals surface area contributed by atoms with Gasteiger partial charge in [-0.05, 0) is 37.6 Å². The quantitative estimate of drug-likeness (QED) is 0.882. The number of carboxylic acids is 1. The first-order chi connectivity index (χ1) is 11.6. The number of halogens is 3. The number of benzene rings is 1. The van der Waals surface area contributed by atoms with E-state index in [4.69, 9.17) is 5.11 Å². The van der Waals surface area contributed by atoms with E-state index in [9.17, 15) is 22.8 Å². The van der Waals surface area contributed by atoms with Crippen LogP contribution < -0.4 is 5.32 Å². The molecule has 0 saturated heterocycles. The summed E-state index contributed by atoms with van der Waals surface area (Å²) < 4.78 is 38.6. The average Bonchev–Trinajstić information content (AvgIpc) is 2.53. The van der Waals surface area contributed by atoms with Gasteiger partial charge in [-0.3, -0.25) is 9.78 Å². The molecule has 9 heteroatoms. The Bertz CT molecular complexity index is 822. The molecule has 132 valence electrons. The fourth-order valence-electron chi connectivity index (χ4n) is 2.26. The molecule has 1 aromatic heterocycles. The molecule has 6 nitrogen and oxygen atoms in total. The van der Waals surface area contributed by atoms with Crippen molar-refractivity contribution >= 4 is 11.9 Å². The molecule has 2 rings (SSSR count). The number of aryl methyl sites for hydroxylation is 1. The van der Waals surface area contributed by atoms with Gasteiger partial charge in [0.15, 0.2) is 5.69 Å². The Labute approximate surface area is 140 Å². The van der Waals surface area contributed by atoms with Crippen molar-refractivity contribution in [2.24, 2.45) is 0 Å². The van der Waals surface area contributed by atoms with Crippen molar-refractivity contribution in [2.45, 2.75) is 26.1 Å². The van der Waals surface area contributed by atoms with Crippen molar-refractivity contribution in [3.8, 4) is 0 Å². The Balaban J connectivity index is 2.29. The second-order valence-corrected chi connectivity index (χ2v) is 5.38. The molecule has 0 bridgehead atoms. The van der Waals surface area contributed by atoms with E-state index in [1.165, 1.54) is 32.3 Å². The number of amides is 1. The van der Waals surface area contributed by atoms with Crippen molar-refractivity contribution < 1.29 is 27.9 Å². The third-order valence-electron chi connectivity index (χ3n) is 3.35. The summed E-state index contributed by atoms with van der Waals surface area (Å²) in [6, 6.07) is 2.13. The van der Waals surface area contributed by atoms with Gasteiger partial charge in [0, 0.05) is 18.0 Å². The number of aromatic nitrogens is 2. The third kappa shape index (κ3) is 4.31. The van der Waals surface area contributed by atoms with Crippen LogP contribution in [-0.2, 0) is 6.18 Å². The number of carboxylic acid groups (broad SMARTS) is 1. The van der Waals surface area contributed by atoms with Crippen molar-refractivity contribution in [1.82, 2.24) is 15.3 Å². The topological polar surface area (TPSA) is 92.2 Å². The van der Waals surface area contributed by atoms with Crippen LogP contribution in [0.2, 0.25) is 0 Å². The summed E-state index contributed by atoms with van der Waals surface area (Å²) in [6.07, 6.45) is -2.12. The second-order valence-electron chi connectivity index (χ2n) is 5.38. The predicted octanol–water partition coefficient (Wildman–Crippen LogP) is 2.99. The Morgan fingerprint density at radius 2 is 1.80 bits per heavy atom. The molecule has 25 heavy (non-hydrogen) atoms. The smallest absolute Gasteiger partial charge is 0.416 e. The second kappa shape index (κ2) is 6.88. The van der Waals surface area contributed by atoms with Crippen LogP contribution in [0, 0.1) is 6.92 Å². The van der Waals surface area contributed by atoms with Crippen LogP contribution in [0.3, 0.4) is 0 Å². The maximum Gasteiger partial charge on any atom is 0.416 e.